The number of hydroxylamine groups is 1. The third-order valence-corrected chi connectivity index (χ3v) is 3.93. The van der Waals surface area contributed by atoms with Crippen LogP contribution in [0.25, 0.3) is 0 Å². The standard InChI is InChI=1S/C12H14FNO5S/c1-20(16,17)8-12(6-18-7-12)11(15)14-19-10-4-2-9(13)3-5-10/h2-5H,6-8H2,1H3,(H,14,15). The Hall–Kier alpha value is -1.67. The molecule has 110 valence electrons. The quantitative estimate of drug-likeness (QED) is 0.791. The molecule has 0 atom stereocenters. The molecule has 0 bridgehead atoms. The number of amides is 1. The minimum absolute atomic E-state index is 0.0265. The van der Waals surface area contributed by atoms with Gasteiger partial charge in [0.1, 0.15) is 21.1 Å². The number of ether oxygens (including phenoxy) is 1. The van der Waals surface area contributed by atoms with Crippen molar-refractivity contribution < 1.29 is 27.2 Å². The number of rotatable bonds is 5. The number of carbonyl (C=O) groups is 1. The van der Waals surface area contributed by atoms with Crippen molar-refractivity contribution >= 4 is 15.7 Å². The lowest BCUT2D eigenvalue weighted by Gasteiger charge is -2.38. The van der Waals surface area contributed by atoms with Crippen LogP contribution in [0.2, 0.25) is 0 Å². The summed E-state index contributed by atoms with van der Waals surface area (Å²) in [4.78, 5) is 17.0. The maximum atomic E-state index is 12.7. The molecule has 0 saturated carbocycles. The summed E-state index contributed by atoms with van der Waals surface area (Å²) in [6, 6.07) is 5.05. The molecule has 1 fully saturated rings. The number of hydrogen-bond acceptors (Lipinski definition) is 5. The Balaban J connectivity index is 1.98. The number of carbonyl (C=O) groups excluding carboxylic acids is 1. The molecule has 1 aromatic carbocycles. The van der Waals surface area contributed by atoms with Crippen molar-refractivity contribution in [3.63, 3.8) is 0 Å². The summed E-state index contributed by atoms with van der Waals surface area (Å²) >= 11 is 0. The van der Waals surface area contributed by atoms with Crippen molar-refractivity contribution in [1.29, 1.82) is 0 Å². The molecule has 0 aromatic heterocycles. The Morgan fingerprint density at radius 3 is 2.45 bits per heavy atom. The molecule has 6 nitrogen and oxygen atoms in total. The second kappa shape index (κ2) is 5.37. The molecule has 1 heterocycles. The zero-order chi connectivity index (χ0) is 14.8. The summed E-state index contributed by atoms with van der Waals surface area (Å²) in [5.74, 6) is -1.06. The van der Waals surface area contributed by atoms with Crippen LogP contribution < -0.4 is 10.3 Å². The molecular formula is C12H14FNO5S. The lowest BCUT2D eigenvalue weighted by molar-refractivity contribution is -0.163. The molecule has 0 unspecified atom stereocenters. The number of sulfone groups is 1. The zero-order valence-corrected chi connectivity index (χ0v) is 11.6. The predicted molar refractivity (Wildman–Crippen MR) is 68.1 cm³/mol. The Bertz CT molecular complexity index is 595. The van der Waals surface area contributed by atoms with Crippen molar-refractivity contribution in [2.24, 2.45) is 5.41 Å². The fourth-order valence-corrected chi connectivity index (χ4v) is 3.15. The van der Waals surface area contributed by atoms with Gasteiger partial charge in [-0.2, -0.15) is 5.48 Å². The Labute approximate surface area is 115 Å². The van der Waals surface area contributed by atoms with Crippen LogP contribution in [0.15, 0.2) is 24.3 Å². The number of hydrogen-bond donors (Lipinski definition) is 1. The van der Waals surface area contributed by atoms with Crippen molar-refractivity contribution in [1.82, 2.24) is 5.48 Å². The van der Waals surface area contributed by atoms with Crippen LogP contribution in [0, 0.1) is 11.2 Å². The van der Waals surface area contributed by atoms with E-state index in [1.165, 1.54) is 24.3 Å². The van der Waals surface area contributed by atoms with E-state index in [2.05, 4.69) is 5.48 Å². The van der Waals surface area contributed by atoms with E-state index in [4.69, 9.17) is 9.57 Å². The highest BCUT2D eigenvalue weighted by Crippen LogP contribution is 2.29. The van der Waals surface area contributed by atoms with Crippen molar-refractivity contribution in [3.05, 3.63) is 30.1 Å². The van der Waals surface area contributed by atoms with Crippen molar-refractivity contribution in [2.75, 3.05) is 25.2 Å². The zero-order valence-electron chi connectivity index (χ0n) is 10.8. The summed E-state index contributed by atoms with van der Waals surface area (Å²) in [5, 5.41) is 0. The van der Waals surface area contributed by atoms with Gasteiger partial charge < -0.3 is 9.57 Å². The van der Waals surface area contributed by atoms with Gasteiger partial charge >= 0.3 is 0 Å². The number of benzene rings is 1. The molecule has 1 saturated heterocycles. The van der Waals surface area contributed by atoms with E-state index in [-0.39, 0.29) is 24.7 Å². The highest BCUT2D eigenvalue weighted by atomic mass is 32.2. The molecule has 1 amide bonds. The minimum atomic E-state index is -3.32. The summed E-state index contributed by atoms with van der Waals surface area (Å²) in [5.41, 5.74) is 1.06. The Morgan fingerprint density at radius 1 is 1.40 bits per heavy atom. The van der Waals surface area contributed by atoms with E-state index in [9.17, 15) is 17.6 Å². The van der Waals surface area contributed by atoms with Gasteiger partial charge in [0.2, 0.25) is 0 Å². The van der Waals surface area contributed by atoms with Gasteiger partial charge in [-0.25, -0.2) is 12.8 Å². The fourth-order valence-electron chi connectivity index (χ4n) is 1.85. The van der Waals surface area contributed by atoms with E-state index in [0.29, 0.717) is 0 Å². The average Bonchev–Trinajstić information content (AvgIpc) is 2.31. The van der Waals surface area contributed by atoms with Crippen LogP contribution in [0.3, 0.4) is 0 Å². The topological polar surface area (TPSA) is 81.7 Å². The highest BCUT2D eigenvalue weighted by molar-refractivity contribution is 7.90. The fraction of sp³-hybridized carbons (Fsp3) is 0.417. The van der Waals surface area contributed by atoms with Crippen molar-refractivity contribution in [3.8, 4) is 5.75 Å². The summed E-state index contributed by atoms with van der Waals surface area (Å²) in [7, 11) is -3.32. The normalized spacial score (nSPS) is 17.1. The third-order valence-electron chi connectivity index (χ3n) is 2.85. The first-order valence-corrected chi connectivity index (χ1v) is 7.85. The van der Waals surface area contributed by atoms with Gasteiger partial charge in [0.15, 0.2) is 5.75 Å². The molecule has 1 aliphatic heterocycles. The molecule has 1 N–H and O–H groups in total. The maximum absolute atomic E-state index is 12.7. The lowest BCUT2D eigenvalue weighted by Crippen LogP contribution is -2.58. The van der Waals surface area contributed by atoms with Gasteiger partial charge in [-0.1, -0.05) is 0 Å². The van der Waals surface area contributed by atoms with Gasteiger partial charge in [-0.15, -0.1) is 0 Å². The van der Waals surface area contributed by atoms with Crippen LogP contribution in [0.5, 0.6) is 5.75 Å². The van der Waals surface area contributed by atoms with Gasteiger partial charge in [0, 0.05) is 6.26 Å². The molecule has 0 aliphatic carbocycles. The SMILES string of the molecule is CS(=O)(=O)CC1(C(=O)NOc2ccc(F)cc2)COC1. The van der Waals surface area contributed by atoms with E-state index in [0.717, 1.165) is 6.26 Å². The summed E-state index contributed by atoms with van der Waals surface area (Å²) in [6.07, 6.45) is 1.06. The second-order valence-corrected chi connectivity index (χ2v) is 6.97. The first-order chi connectivity index (χ1) is 9.31. The van der Waals surface area contributed by atoms with Crippen LogP contribution >= 0.6 is 0 Å². The van der Waals surface area contributed by atoms with Gasteiger partial charge in [-0.3, -0.25) is 4.79 Å². The smallest absolute Gasteiger partial charge is 0.264 e. The first kappa shape index (κ1) is 14.7. The van der Waals surface area contributed by atoms with Crippen LogP contribution in [0.4, 0.5) is 4.39 Å². The van der Waals surface area contributed by atoms with E-state index >= 15 is 0 Å². The van der Waals surface area contributed by atoms with Crippen LogP contribution in [-0.2, 0) is 19.4 Å². The summed E-state index contributed by atoms with van der Waals surface area (Å²) < 4.78 is 40.3. The minimum Gasteiger partial charge on any atom is -0.380 e. The largest absolute Gasteiger partial charge is 0.380 e. The first-order valence-electron chi connectivity index (χ1n) is 5.79. The van der Waals surface area contributed by atoms with Gasteiger partial charge in [0.05, 0.1) is 19.0 Å². The van der Waals surface area contributed by atoms with Gasteiger partial charge in [0.25, 0.3) is 5.91 Å². The second-order valence-electron chi connectivity index (χ2n) is 4.83. The monoisotopic (exact) mass is 303 g/mol. The number of halogens is 1. The van der Waals surface area contributed by atoms with Gasteiger partial charge in [-0.05, 0) is 24.3 Å². The molecular weight excluding hydrogens is 289 g/mol. The highest BCUT2D eigenvalue weighted by Gasteiger charge is 2.48. The van der Waals surface area contributed by atoms with Crippen LogP contribution in [-0.4, -0.2) is 39.5 Å². The maximum Gasteiger partial charge on any atom is 0.264 e. The van der Waals surface area contributed by atoms with Crippen LogP contribution in [0.1, 0.15) is 0 Å². The van der Waals surface area contributed by atoms with E-state index in [1.807, 2.05) is 0 Å². The molecule has 20 heavy (non-hydrogen) atoms. The Kier molecular flexibility index (Phi) is 3.96. The molecule has 8 heteroatoms. The predicted octanol–water partition coefficient (Wildman–Crippen LogP) is 0.297. The number of nitrogens with one attached hydrogen (secondary N) is 1. The van der Waals surface area contributed by atoms with E-state index in [1.54, 1.807) is 0 Å². The Morgan fingerprint density at radius 2 is 2.00 bits per heavy atom. The lowest BCUT2D eigenvalue weighted by atomic mass is 9.88. The molecule has 2 rings (SSSR count). The third kappa shape index (κ3) is 3.45. The molecule has 0 radical (unpaired) electrons. The summed E-state index contributed by atoms with van der Waals surface area (Å²) in [6.45, 7) is 0.0529. The van der Waals surface area contributed by atoms with E-state index < -0.39 is 27.0 Å². The van der Waals surface area contributed by atoms with Crippen molar-refractivity contribution in [2.45, 2.75) is 0 Å². The average molecular weight is 303 g/mol. The molecule has 1 aromatic rings. The molecule has 0 spiro atoms. The molecule has 1 aliphatic rings.